The van der Waals surface area contributed by atoms with Gasteiger partial charge in [0.15, 0.2) is 0 Å². The Bertz CT molecular complexity index is 671. The van der Waals surface area contributed by atoms with E-state index in [9.17, 15) is 9.59 Å². The maximum absolute atomic E-state index is 11.8. The Kier molecular flexibility index (Phi) is 5.40. The van der Waals surface area contributed by atoms with Crippen LogP contribution in [0, 0.1) is 0 Å². The summed E-state index contributed by atoms with van der Waals surface area (Å²) in [6.45, 7) is -0.343. The van der Waals surface area contributed by atoms with Crippen molar-refractivity contribution in [1.29, 1.82) is 0 Å². The smallest absolute Gasteiger partial charge is 0.333 e. The molecule has 1 amide bonds. The number of hydrogen-bond donors (Lipinski definition) is 1. The Morgan fingerprint density at radius 3 is 2.09 bits per heavy atom. The van der Waals surface area contributed by atoms with Crippen molar-refractivity contribution in [3.05, 3.63) is 35.9 Å². The first kappa shape index (κ1) is 16.1. The molecule has 1 aromatic heterocycles. The lowest BCUT2D eigenvalue weighted by atomic mass is 10.2. The van der Waals surface area contributed by atoms with Crippen LogP contribution < -0.4 is 19.5 Å². The highest BCUT2D eigenvalue weighted by atomic mass is 16.6. The van der Waals surface area contributed by atoms with Crippen LogP contribution in [0.25, 0.3) is 0 Å². The summed E-state index contributed by atoms with van der Waals surface area (Å²) in [6, 6.07) is 8.07. The van der Waals surface area contributed by atoms with E-state index in [0.717, 1.165) is 0 Å². The van der Waals surface area contributed by atoms with Gasteiger partial charge >= 0.3 is 24.0 Å². The van der Waals surface area contributed by atoms with Gasteiger partial charge in [-0.3, -0.25) is 4.79 Å². The lowest BCUT2D eigenvalue weighted by molar-refractivity contribution is -0.133. The fourth-order valence-electron chi connectivity index (χ4n) is 1.53. The number of carbonyl (C=O) groups excluding carboxylic acids is 2. The van der Waals surface area contributed by atoms with Crippen LogP contribution >= 0.6 is 0 Å². The van der Waals surface area contributed by atoms with Crippen LogP contribution in [0.3, 0.4) is 0 Å². The summed E-state index contributed by atoms with van der Waals surface area (Å²) in [6.07, 6.45) is 0. The van der Waals surface area contributed by atoms with Crippen molar-refractivity contribution < 1.29 is 23.8 Å². The summed E-state index contributed by atoms with van der Waals surface area (Å²) in [5, 5.41) is 2.43. The molecule has 0 saturated carbocycles. The van der Waals surface area contributed by atoms with Crippen molar-refractivity contribution >= 4 is 11.9 Å². The molecule has 1 N–H and O–H groups in total. The molecule has 120 valence electrons. The summed E-state index contributed by atoms with van der Waals surface area (Å²) >= 11 is 0. The third-order valence-corrected chi connectivity index (χ3v) is 2.57. The van der Waals surface area contributed by atoms with Crippen LogP contribution in [0.5, 0.6) is 18.0 Å². The van der Waals surface area contributed by atoms with Gasteiger partial charge in [-0.15, -0.1) is 15.0 Å². The van der Waals surface area contributed by atoms with Crippen molar-refractivity contribution in [2.75, 3.05) is 20.8 Å². The molecule has 0 atom stereocenters. The van der Waals surface area contributed by atoms with Crippen LogP contribution in [-0.4, -0.2) is 47.6 Å². The number of esters is 1. The molecule has 23 heavy (non-hydrogen) atoms. The highest BCUT2D eigenvalue weighted by Gasteiger charge is 2.14. The van der Waals surface area contributed by atoms with Crippen LogP contribution in [0.2, 0.25) is 0 Å². The summed E-state index contributed by atoms with van der Waals surface area (Å²) in [5.41, 5.74) is 0.434. The molecule has 0 aliphatic rings. The molecule has 0 unspecified atom stereocenters. The monoisotopic (exact) mass is 318 g/mol. The van der Waals surface area contributed by atoms with Gasteiger partial charge in [-0.05, 0) is 12.1 Å². The van der Waals surface area contributed by atoms with Crippen LogP contribution in [0.15, 0.2) is 30.3 Å². The number of ether oxygens (including phenoxy) is 3. The molecule has 2 rings (SSSR count). The maximum Gasteiger partial charge on any atom is 0.333 e. The second kappa shape index (κ2) is 7.69. The topological polar surface area (TPSA) is 113 Å². The van der Waals surface area contributed by atoms with E-state index in [0.29, 0.717) is 5.56 Å². The Morgan fingerprint density at radius 2 is 1.52 bits per heavy atom. The van der Waals surface area contributed by atoms with E-state index in [1.165, 1.54) is 14.2 Å². The molecule has 9 heteroatoms. The number of aromatic nitrogens is 3. The molecule has 0 aliphatic carbocycles. The van der Waals surface area contributed by atoms with Crippen molar-refractivity contribution in [2.45, 2.75) is 0 Å². The van der Waals surface area contributed by atoms with Gasteiger partial charge < -0.3 is 19.5 Å². The number of nitrogens with zero attached hydrogens (tertiary/aromatic N) is 3. The number of methoxy groups -OCH3 is 2. The molecule has 9 nitrogen and oxygen atoms in total. The van der Waals surface area contributed by atoms with Gasteiger partial charge in [0.05, 0.1) is 14.2 Å². The van der Waals surface area contributed by atoms with Crippen molar-refractivity contribution in [3.63, 3.8) is 0 Å². The van der Waals surface area contributed by atoms with Crippen molar-refractivity contribution in [2.24, 2.45) is 0 Å². The van der Waals surface area contributed by atoms with Gasteiger partial charge in [-0.2, -0.15) is 0 Å². The molecule has 0 fully saturated rings. The van der Waals surface area contributed by atoms with E-state index in [2.05, 4.69) is 20.3 Å². The standard InChI is InChI=1S/C14H14N4O5/c1-21-12-16-13(22-2)18-14(17-12)23-10(19)8-15-11(20)9-6-4-3-5-7-9/h3-7H,8H2,1-2H3,(H,15,20). The molecule has 0 radical (unpaired) electrons. The molecule has 1 aromatic carbocycles. The molecule has 2 aromatic rings. The predicted molar refractivity (Wildman–Crippen MR) is 77.3 cm³/mol. The first-order valence-electron chi connectivity index (χ1n) is 6.50. The fourth-order valence-corrected chi connectivity index (χ4v) is 1.53. The third-order valence-electron chi connectivity index (χ3n) is 2.57. The lowest BCUT2D eigenvalue weighted by Crippen LogP contribution is -2.32. The van der Waals surface area contributed by atoms with E-state index in [-0.39, 0.29) is 24.6 Å². The van der Waals surface area contributed by atoms with Gasteiger partial charge in [0.1, 0.15) is 6.54 Å². The fraction of sp³-hybridized carbons (Fsp3) is 0.214. The number of benzene rings is 1. The summed E-state index contributed by atoms with van der Waals surface area (Å²) < 4.78 is 14.6. The first-order chi connectivity index (χ1) is 11.1. The molecular weight excluding hydrogens is 304 g/mol. The zero-order valence-electron chi connectivity index (χ0n) is 12.5. The highest BCUT2D eigenvalue weighted by molar-refractivity contribution is 5.95. The largest absolute Gasteiger partial charge is 0.467 e. The highest BCUT2D eigenvalue weighted by Crippen LogP contribution is 2.13. The molecule has 1 heterocycles. The number of rotatable bonds is 6. The number of carbonyl (C=O) groups is 2. The molecule has 0 bridgehead atoms. The van der Waals surface area contributed by atoms with Gasteiger partial charge in [-0.25, -0.2) is 4.79 Å². The molecule has 0 aliphatic heterocycles. The number of nitrogens with one attached hydrogen (secondary N) is 1. The van der Waals surface area contributed by atoms with E-state index in [1.54, 1.807) is 30.3 Å². The minimum atomic E-state index is -0.746. The van der Waals surface area contributed by atoms with Gasteiger partial charge in [0.2, 0.25) is 0 Å². The Labute approximate surface area is 131 Å². The average molecular weight is 318 g/mol. The molecule has 0 saturated heterocycles. The number of amides is 1. The molecule has 0 spiro atoms. The number of hydrogen-bond acceptors (Lipinski definition) is 8. The van der Waals surface area contributed by atoms with Gasteiger partial charge in [0.25, 0.3) is 5.91 Å². The summed E-state index contributed by atoms with van der Waals surface area (Å²) in [5.74, 6) is -1.14. The Balaban J connectivity index is 1.93. The van der Waals surface area contributed by atoms with E-state index in [4.69, 9.17) is 14.2 Å². The van der Waals surface area contributed by atoms with E-state index < -0.39 is 11.9 Å². The van der Waals surface area contributed by atoms with E-state index in [1.807, 2.05) is 0 Å². The predicted octanol–water partition coefficient (Wildman–Crippen LogP) is 0.224. The summed E-state index contributed by atoms with van der Waals surface area (Å²) in [4.78, 5) is 34.8. The second-order valence-electron chi connectivity index (χ2n) is 4.11. The average Bonchev–Trinajstić information content (AvgIpc) is 2.60. The van der Waals surface area contributed by atoms with Crippen molar-refractivity contribution in [1.82, 2.24) is 20.3 Å². The van der Waals surface area contributed by atoms with Crippen LogP contribution in [0.1, 0.15) is 10.4 Å². The van der Waals surface area contributed by atoms with E-state index >= 15 is 0 Å². The lowest BCUT2D eigenvalue weighted by Gasteiger charge is -2.06. The maximum atomic E-state index is 11.8. The van der Waals surface area contributed by atoms with Crippen LogP contribution in [0.4, 0.5) is 0 Å². The van der Waals surface area contributed by atoms with Gasteiger partial charge in [-0.1, -0.05) is 18.2 Å². The first-order valence-corrected chi connectivity index (χ1v) is 6.50. The van der Waals surface area contributed by atoms with Crippen LogP contribution in [-0.2, 0) is 4.79 Å². The minimum Gasteiger partial charge on any atom is -0.467 e. The normalized spacial score (nSPS) is 9.83. The zero-order valence-corrected chi connectivity index (χ0v) is 12.5. The quantitative estimate of drug-likeness (QED) is 0.753. The molecular formula is C14H14N4O5. The minimum absolute atomic E-state index is 0.0621. The summed E-state index contributed by atoms with van der Waals surface area (Å²) in [7, 11) is 2.70. The Morgan fingerprint density at radius 1 is 0.957 bits per heavy atom. The Hall–Kier alpha value is -3.23. The zero-order chi connectivity index (χ0) is 16.7. The second-order valence-corrected chi connectivity index (χ2v) is 4.11. The SMILES string of the molecule is COc1nc(OC)nc(OC(=O)CNC(=O)c2ccccc2)n1. The van der Waals surface area contributed by atoms with Gasteiger partial charge in [0, 0.05) is 5.56 Å². The third kappa shape index (κ3) is 4.63. The van der Waals surface area contributed by atoms with Crippen molar-refractivity contribution in [3.8, 4) is 18.0 Å².